The summed E-state index contributed by atoms with van der Waals surface area (Å²) in [4.78, 5) is 29.4. The molecule has 2 aromatic carbocycles. The Kier molecular flexibility index (Phi) is 6.58. The zero-order valence-corrected chi connectivity index (χ0v) is 19.5. The van der Waals surface area contributed by atoms with Gasteiger partial charge in [0.2, 0.25) is 5.91 Å². The molecule has 0 spiro atoms. The third kappa shape index (κ3) is 4.84. The Hall–Kier alpha value is -3.16. The Morgan fingerprint density at radius 1 is 1.09 bits per heavy atom. The summed E-state index contributed by atoms with van der Waals surface area (Å²) < 4.78 is 0. The number of thiophene rings is 1. The number of carbonyl (C=O) groups is 2. The van der Waals surface area contributed by atoms with E-state index in [-0.39, 0.29) is 5.91 Å². The maximum Gasteiger partial charge on any atom is 0.252 e. The van der Waals surface area contributed by atoms with Gasteiger partial charge in [0.1, 0.15) is 5.00 Å². The first-order valence-electron chi connectivity index (χ1n) is 10.2. The molecule has 0 bridgehead atoms. The molecule has 4 rings (SSSR count). The third-order valence-corrected chi connectivity index (χ3v) is 6.94. The molecule has 0 fully saturated rings. The maximum absolute atomic E-state index is 12.6. The highest BCUT2D eigenvalue weighted by atomic mass is 32.2. The average molecular weight is 462 g/mol. The maximum atomic E-state index is 12.6. The Morgan fingerprint density at radius 2 is 1.84 bits per heavy atom. The summed E-state index contributed by atoms with van der Waals surface area (Å²) in [6, 6.07) is 17.9. The predicted octanol–water partition coefficient (Wildman–Crippen LogP) is 5.80. The molecule has 2 heterocycles. The van der Waals surface area contributed by atoms with Crippen LogP contribution in [0.5, 0.6) is 0 Å². The molecule has 0 unspecified atom stereocenters. The number of thioether (sulfide) groups is 1. The lowest BCUT2D eigenvalue weighted by molar-refractivity contribution is -0.115. The molecule has 2 aromatic heterocycles. The van der Waals surface area contributed by atoms with Crippen molar-refractivity contribution in [3.63, 3.8) is 0 Å². The van der Waals surface area contributed by atoms with Crippen LogP contribution in [0.3, 0.4) is 0 Å². The van der Waals surface area contributed by atoms with Crippen molar-refractivity contribution in [3.05, 3.63) is 76.7 Å². The van der Waals surface area contributed by atoms with Crippen LogP contribution in [0.2, 0.25) is 0 Å². The third-order valence-electron chi connectivity index (χ3n) is 5.13. The van der Waals surface area contributed by atoms with Gasteiger partial charge in [-0.05, 0) is 37.1 Å². The topological polar surface area (TPSA) is 85.1 Å². The summed E-state index contributed by atoms with van der Waals surface area (Å²) in [5, 5.41) is 7.24. The van der Waals surface area contributed by atoms with Crippen molar-refractivity contribution in [3.8, 4) is 11.1 Å². The molecule has 0 aliphatic heterocycles. The minimum absolute atomic E-state index is 0.158. The number of amides is 2. The number of hydrogen-bond donors (Lipinski definition) is 2. The normalized spacial score (nSPS) is 10.9. The lowest BCUT2D eigenvalue weighted by atomic mass is 10.0. The van der Waals surface area contributed by atoms with Gasteiger partial charge in [-0.1, -0.05) is 48.0 Å². The Morgan fingerprint density at radius 3 is 2.59 bits per heavy atom. The number of fused-ring (bicyclic) bond motifs is 1. The molecule has 4 aromatic rings. The summed E-state index contributed by atoms with van der Waals surface area (Å²) in [7, 11) is 0. The lowest BCUT2D eigenvalue weighted by Crippen LogP contribution is -2.17. The van der Waals surface area contributed by atoms with E-state index in [9.17, 15) is 9.59 Å². The zero-order valence-electron chi connectivity index (χ0n) is 17.8. The van der Waals surface area contributed by atoms with Crippen molar-refractivity contribution in [1.29, 1.82) is 0 Å². The minimum Gasteiger partial charge on any atom is -0.365 e. The highest BCUT2D eigenvalue weighted by Gasteiger charge is 2.19. The molecule has 0 aliphatic carbocycles. The van der Waals surface area contributed by atoms with Crippen LogP contribution < -0.4 is 11.1 Å². The SMILES string of the molecule is Cc1ccc(-c2csc(NC(=O)CCSc3cc(C)c4ccccc4n3)c2C(N)=O)cc1. The molecular formula is C25H23N3O2S2. The zero-order chi connectivity index (χ0) is 22.7. The lowest BCUT2D eigenvalue weighted by Gasteiger charge is -2.08. The molecule has 32 heavy (non-hydrogen) atoms. The summed E-state index contributed by atoms with van der Waals surface area (Å²) >= 11 is 2.86. The molecule has 3 N–H and O–H groups in total. The van der Waals surface area contributed by atoms with E-state index < -0.39 is 5.91 Å². The van der Waals surface area contributed by atoms with Crippen LogP contribution in [0, 0.1) is 13.8 Å². The fourth-order valence-corrected chi connectivity index (χ4v) is 5.38. The number of nitrogens with one attached hydrogen (secondary N) is 1. The van der Waals surface area contributed by atoms with E-state index in [1.807, 2.05) is 60.8 Å². The van der Waals surface area contributed by atoms with Crippen LogP contribution >= 0.6 is 23.1 Å². The van der Waals surface area contributed by atoms with Crippen molar-refractivity contribution >= 4 is 50.8 Å². The highest BCUT2D eigenvalue weighted by molar-refractivity contribution is 7.99. The van der Waals surface area contributed by atoms with Crippen LogP contribution in [0.25, 0.3) is 22.0 Å². The van der Waals surface area contributed by atoms with Crippen LogP contribution in [-0.2, 0) is 4.79 Å². The van der Waals surface area contributed by atoms with Gasteiger partial charge in [-0.25, -0.2) is 4.98 Å². The Bertz CT molecular complexity index is 1300. The van der Waals surface area contributed by atoms with Crippen LogP contribution in [0.4, 0.5) is 5.00 Å². The first-order valence-corrected chi connectivity index (χ1v) is 12.1. The minimum atomic E-state index is -0.553. The molecule has 2 amide bonds. The van der Waals surface area contributed by atoms with E-state index >= 15 is 0 Å². The van der Waals surface area contributed by atoms with Gasteiger partial charge in [0.25, 0.3) is 5.91 Å². The number of nitrogens with two attached hydrogens (primary N) is 1. The number of nitrogens with zero attached hydrogens (tertiary/aromatic N) is 1. The summed E-state index contributed by atoms with van der Waals surface area (Å²) in [6.07, 6.45) is 0.300. The van der Waals surface area contributed by atoms with Gasteiger partial charge in [-0.2, -0.15) is 0 Å². The number of carbonyl (C=O) groups excluding carboxylic acids is 2. The fraction of sp³-hybridized carbons (Fsp3) is 0.160. The van der Waals surface area contributed by atoms with Crippen molar-refractivity contribution in [2.75, 3.05) is 11.1 Å². The number of hydrogen-bond acceptors (Lipinski definition) is 5. The molecule has 0 radical (unpaired) electrons. The molecule has 0 atom stereocenters. The monoisotopic (exact) mass is 461 g/mol. The number of primary amides is 1. The molecule has 7 heteroatoms. The van der Waals surface area contributed by atoms with Crippen molar-refractivity contribution < 1.29 is 9.59 Å². The highest BCUT2D eigenvalue weighted by Crippen LogP contribution is 2.35. The number of rotatable bonds is 7. The van der Waals surface area contributed by atoms with Crippen molar-refractivity contribution in [2.24, 2.45) is 5.73 Å². The van der Waals surface area contributed by atoms with E-state index in [4.69, 9.17) is 5.73 Å². The first-order chi connectivity index (χ1) is 15.4. The number of anilines is 1. The number of aryl methyl sites for hydroxylation is 2. The molecule has 162 valence electrons. The van der Waals surface area contributed by atoms with Gasteiger partial charge in [-0.3, -0.25) is 9.59 Å². The molecule has 0 aliphatic rings. The second kappa shape index (κ2) is 9.54. The second-order valence-corrected chi connectivity index (χ2v) is 9.52. The molecule has 0 saturated carbocycles. The van der Waals surface area contributed by atoms with Gasteiger partial charge in [0, 0.05) is 28.5 Å². The first kappa shape index (κ1) is 22.0. The van der Waals surface area contributed by atoms with E-state index in [1.54, 1.807) is 11.8 Å². The number of para-hydroxylation sites is 1. The predicted molar refractivity (Wildman–Crippen MR) is 133 cm³/mol. The largest absolute Gasteiger partial charge is 0.365 e. The standard InChI is InChI=1S/C25H23N3O2S2/c1-15-7-9-17(10-8-15)19-14-32-25(23(19)24(26)30)28-21(29)11-12-31-22-13-16(2)18-5-3-4-6-20(18)27-22/h3-10,13-14H,11-12H2,1-2H3,(H2,26,30)(H,28,29). The summed E-state index contributed by atoms with van der Waals surface area (Å²) in [5.41, 5.74) is 10.9. The average Bonchev–Trinajstić information content (AvgIpc) is 3.18. The number of benzene rings is 2. The van der Waals surface area contributed by atoms with Crippen molar-refractivity contribution in [2.45, 2.75) is 25.3 Å². The van der Waals surface area contributed by atoms with Gasteiger partial charge in [0.15, 0.2) is 0 Å². The van der Waals surface area contributed by atoms with Crippen LogP contribution in [-0.4, -0.2) is 22.6 Å². The number of pyridine rings is 1. The van der Waals surface area contributed by atoms with Gasteiger partial charge < -0.3 is 11.1 Å². The van der Waals surface area contributed by atoms with Gasteiger partial charge in [0.05, 0.1) is 16.1 Å². The fourth-order valence-electron chi connectivity index (χ4n) is 3.47. The smallest absolute Gasteiger partial charge is 0.252 e. The summed E-state index contributed by atoms with van der Waals surface area (Å²) in [6.45, 7) is 4.07. The Balaban J connectivity index is 1.42. The summed E-state index contributed by atoms with van der Waals surface area (Å²) in [5.74, 6) is -0.129. The van der Waals surface area contributed by atoms with Gasteiger partial charge in [-0.15, -0.1) is 23.1 Å². The second-order valence-electron chi connectivity index (χ2n) is 7.52. The molecule has 0 saturated heterocycles. The molecule has 5 nitrogen and oxygen atoms in total. The number of aromatic nitrogens is 1. The molecular weight excluding hydrogens is 438 g/mol. The quantitative estimate of drug-likeness (QED) is 0.341. The van der Waals surface area contributed by atoms with E-state index in [1.165, 1.54) is 11.3 Å². The van der Waals surface area contributed by atoms with Crippen LogP contribution in [0.15, 0.2) is 65.0 Å². The van der Waals surface area contributed by atoms with Crippen molar-refractivity contribution in [1.82, 2.24) is 4.98 Å². The Labute approximate surface area is 195 Å². The van der Waals surface area contributed by atoms with E-state index in [0.29, 0.717) is 22.7 Å². The van der Waals surface area contributed by atoms with E-state index in [2.05, 4.69) is 23.3 Å². The van der Waals surface area contributed by atoms with Crippen LogP contribution in [0.1, 0.15) is 27.9 Å². The van der Waals surface area contributed by atoms with Gasteiger partial charge >= 0.3 is 0 Å². The van der Waals surface area contributed by atoms with E-state index in [0.717, 1.165) is 38.2 Å².